The number of fused-ring (bicyclic) bond motifs is 1. The fourth-order valence-corrected chi connectivity index (χ4v) is 3.06. The van der Waals surface area contributed by atoms with Crippen LogP contribution in [0.4, 0.5) is 0 Å². The van der Waals surface area contributed by atoms with Crippen LogP contribution in [-0.4, -0.2) is 14.5 Å². The van der Waals surface area contributed by atoms with E-state index in [2.05, 4.69) is 19.9 Å². The Morgan fingerprint density at radius 2 is 2.25 bits per heavy atom. The van der Waals surface area contributed by atoms with Gasteiger partial charge in [0.1, 0.15) is 5.01 Å². The highest BCUT2D eigenvalue weighted by atomic mass is 32.1. The van der Waals surface area contributed by atoms with Gasteiger partial charge in [-0.1, -0.05) is 0 Å². The molecule has 84 valence electrons. The molecule has 1 aliphatic carbocycles. The van der Waals surface area contributed by atoms with Crippen LogP contribution in [0.1, 0.15) is 34.9 Å². The molecule has 1 aliphatic rings. The molecule has 0 saturated carbocycles. The molecule has 2 aromatic heterocycles. The van der Waals surface area contributed by atoms with E-state index in [1.165, 1.54) is 35.7 Å². The maximum absolute atomic E-state index is 4.50. The summed E-state index contributed by atoms with van der Waals surface area (Å²) in [5.41, 5.74) is 3.85. The van der Waals surface area contributed by atoms with E-state index in [4.69, 9.17) is 0 Å². The fourth-order valence-electron chi connectivity index (χ4n) is 2.29. The van der Waals surface area contributed by atoms with Gasteiger partial charge >= 0.3 is 0 Å². The minimum absolute atomic E-state index is 0.890. The Labute approximate surface area is 99.2 Å². The second-order valence-electron chi connectivity index (χ2n) is 4.36. The fraction of sp³-hybridized carbons (Fsp3) is 0.500. The predicted molar refractivity (Wildman–Crippen MR) is 64.8 cm³/mol. The largest absolute Gasteiger partial charge is 0.327 e. The molecule has 0 aromatic carbocycles. The first-order valence-corrected chi connectivity index (χ1v) is 6.65. The maximum Gasteiger partial charge on any atom is 0.113 e. The molecule has 0 unspecified atom stereocenters. The lowest BCUT2D eigenvalue weighted by Gasteiger charge is -2.12. The first-order chi connectivity index (χ1) is 7.83. The molecular weight excluding hydrogens is 218 g/mol. The summed E-state index contributed by atoms with van der Waals surface area (Å²) >= 11 is 1.74. The van der Waals surface area contributed by atoms with Gasteiger partial charge in [0.2, 0.25) is 0 Å². The van der Waals surface area contributed by atoms with E-state index >= 15 is 0 Å². The molecule has 0 saturated heterocycles. The Morgan fingerprint density at radius 3 is 3.06 bits per heavy atom. The number of rotatable bonds is 2. The van der Waals surface area contributed by atoms with E-state index in [0.29, 0.717) is 0 Å². The lowest BCUT2D eigenvalue weighted by Crippen LogP contribution is -2.08. The minimum Gasteiger partial charge on any atom is -0.327 e. The Morgan fingerprint density at radius 1 is 1.38 bits per heavy atom. The van der Waals surface area contributed by atoms with E-state index in [1.54, 1.807) is 11.3 Å². The van der Waals surface area contributed by atoms with Gasteiger partial charge in [-0.3, -0.25) is 0 Å². The molecule has 4 heteroatoms. The van der Waals surface area contributed by atoms with E-state index in [-0.39, 0.29) is 0 Å². The predicted octanol–water partition coefficient (Wildman–Crippen LogP) is 2.58. The minimum atomic E-state index is 0.890. The quantitative estimate of drug-likeness (QED) is 0.798. The van der Waals surface area contributed by atoms with Gasteiger partial charge in [0.15, 0.2) is 0 Å². The number of thiazole rings is 1. The summed E-state index contributed by atoms with van der Waals surface area (Å²) in [6, 6.07) is 0. The highest BCUT2D eigenvalue weighted by Gasteiger charge is 2.15. The molecule has 0 fully saturated rings. The average Bonchev–Trinajstić information content (AvgIpc) is 2.87. The summed E-state index contributed by atoms with van der Waals surface area (Å²) in [6.07, 6.45) is 6.90. The molecule has 3 nitrogen and oxygen atoms in total. The summed E-state index contributed by atoms with van der Waals surface area (Å²) in [7, 11) is 0. The Kier molecular flexibility index (Phi) is 2.52. The zero-order chi connectivity index (χ0) is 11.0. The highest BCUT2D eigenvalue weighted by molar-refractivity contribution is 7.09. The molecule has 0 bridgehead atoms. The lowest BCUT2D eigenvalue weighted by molar-refractivity contribution is 0.627. The number of imidazole rings is 1. The number of nitrogens with zero attached hydrogens (tertiary/aromatic N) is 3. The molecule has 2 aromatic rings. The molecule has 0 aliphatic heterocycles. The number of hydrogen-bond donors (Lipinski definition) is 0. The molecule has 0 amide bonds. The number of hydrogen-bond acceptors (Lipinski definition) is 3. The topological polar surface area (TPSA) is 30.7 Å². The van der Waals surface area contributed by atoms with Crippen molar-refractivity contribution in [3.63, 3.8) is 0 Å². The third-order valence-corrected chi connectivity index (χ3v) is 4.03. The van der Waals surface area contributed by atoms with Crippen LogP contribution in [0.25, 0.3) is 0 Å². The molecule has 0 spiro atoms. The zero-order valence-electron chi connectivity index (χ0n) is 9.44. The first-order valence-electron chi connectivity index (χ1n) is 5.77. The van der Waals surface area contributed by atoms with Crippen LogP contribution in [0.3, 0.4) is 0 Å². The Hall–Kier alpha value is -1.16. The van der Waals surface area contributed by atoms with Gasteiger partial charge in [0, 0.05) is 16.8 Å². The van der Waals surface area contributed by atoms with Crippen LogP contribution < -0.4 is 0 Å². The number of aryl methyl sites for hydroxylation is 2. The summed E-state index contributed by atoms with van der Waals surface area (Å²) < 4.78 is 2.27. The van der Waals surface area contributed by atoms with Crippen molar-refractivity contribution in [1.29, 1.82) is 0 Å². The van der Waals surface area contributed by atoms with Crippen LogP contribution in [0.5, 0.6) is 0 Å². The highest BCUT2D eigenvalue weighted by Crippen LogP contribution is 2.21. The van der Waals surface area contributed by atoms with Gasteiger partial charge in [-0.25, -0.2) is 9.97 Å². The first kappa shape index (κ1) is 10.0. The Balaban J connectivity index is 1.87. The van der Waals surface area contributed by atoms with E-state index < -0.39 is 0 Å². The van der Waals surface area contributed by atoms with Crippen LogP contribution in [0.15, 0.2) is 11.7 Å². The van der Waals surface area contributed by atoms with Gasteiger partial charge in [-0.05, 0) is 32.6 Å². The normalized spacial score (nSPS) is 15.1. The SMILES string of the molecule is Cc1csc(Cn2cnc3c2CCCC3)n1. The third-order valence-electron chi connectivity index (χ3n) is 3.08. The summed E-state index contributed by atoms with van der Waals surface area (Å²) in [4.78, 5) is 9.00. The van der Waals surface area contributed by atoms with Crippen LogP contribution in [-0.2, 0) is 19.4 Å². The summed E-state index contributed by atoms with van der Waals surface area (Å²) in [5.74, 6) is 0. The molecule has 3 rings (SSSR count). The summed E-state index contributed by atoms with van der Waals surface area (Å²) in [6.45, 7) is 2.93. The van der Waals surface area contributed by atoms with Crippen LogP contribution in [0, 0.1) is 6.92 Å². The maximum atomic E-state index is 4.50. The van der Waals surface area contributed by atoms with Gasteiger partial charge < -0.3 is 4.57 Å². The van der Waals surface area contributed by atoms with Crippen LogP contribution >= 0.6 is 11.3 Å². The standard InChI is InChI=1S/C12H15N3S/c1-9-7-16-12(14-9)6-15-8-13-10-4-2-3-5-11(10)15/h7-8H,2-6H2,1H3. The van der Waals surface area contributed by atoms with E-state index in [9.17, 15) is 0 Å². The lowest BCUT2D eigenvalue weighted by atomic mass is 10.0. The number of aromatic nitrogens is 3. The van der Waals surface area contributed by atoms with Crippen molar-refractivity contribution in [1.82, 2.24) is 14.5 Å². The molecule has 16 heavy (non-hydrogen) atoms. The van der Waals surface area contributed by atoms with Crippen molar-refractivity contribution in [3.05, 3.63) is 33.8 Å². The van der Waals surface area contributed by atoms with Crippen molar-refractivity contribution >= 4 is 11.3 Å². The smallest absolute Gasteiger partial charge is 0.113 e. The molecule has 0 N–H and O–H groups in total. The van der Waals surface area contributed by atoms with Gasteiger partial charge in [0.05, 0.1) is 18.6 Å². The molecule has 0 atom stereocenters. The Bertz CT molecular complexity index is 498. The summed E-state index contributed by atoms with van der Waals surface area (Å²) in [5, 5.41) is 3.29. The van der Waals surface area contributed by atoms with Crippen molar-refractivity contribution in [3.8, 4) is 0 Å². The van der Waals surface area contributed by atoms with Gasteiger partial charge in [-0.15, -0.1) is 11.3 Å². The molecular formula is C12H15N3S. The van der Waals surface area contributed by atoms with Gasteiger partial charge in [0.25, 0.3) is 0 Å². The third kappa shape index (κ3) is 1.78. The average molecular weight is 233 g/mol. The van der Waals surface area contributed by atoms with Crippen molar-refractivity contribution < 1.29 is 0 Å². The van der Waals surface area contributed by atoms with E-state index in [0.717, 1.165) is 18.7 Å². The zero-order valence-corrected chi connectivity index (χ0v) is 10.3. The van der Waals surface area contributed by atoms with Crippen molar-refractivity contribution in [2.24, 2.45) is 0 Å². The molecule has 0 radical (unpaired) electrons. The monoisotopic (exact) mass is 233 g/mol. The molecule has 2 heterocycles. The van der Waals surface area contributed by atoms with Crippen molar-refractivity contribution in [2.75, 3.05) is 0 Å². The van der Waals surface area contributed by atoms with Gasteiger partial charge in [-0.2, -0.15) is 0 Å². The van der Waals surface area contributed by atoms with Crippen LogP contribution in [0.2, 0.25) is 0 Å². The second kappa shape index (κ2) is 4.01. The van der Waals surface area contributed by atoms with E-state index in [1.807, 2.05) is 13.3 Å². The second-order valence-corrected chi connectivity index (χ2v) is 5.30. The van der Waals surface area contributed by atoms with Crippen molar-refractivity contribution in [2.45, 2.75) is 39.2 Å².